The number of halogens is 1. The summed E-state index contributed by atoms with van der Waals surface area (Å²) in [4.78, 5) is 12.0. The maximum Gasteiger partial charge on any atom is 0.244 e. The van der Waals surface area contributed by atoms with Gasteiger partial charge in [-0.25, -0.2) is 0 Å². The van der Waals surface area contributed by atoms with E-state index >= 15 is 0 Å². The first-order chi connectivity index (χ1) is 10.1. The first-order valence-corrected chi connectivity index (χ1v) is 8.21. The molecule has 1 fully saturated rings. The molecule has 2 atom stereocenters. The molecule has 0 unspecified atom stereocenters. The molecule has 1 saturated carbocycles. The molecule has 0 bridgehead atoms. The SMILES string of the molecule is COc1ccc(/C=C/C(=O)N[C@H]2CCCC[C@@H]2C)cc1Br. The fourth-order valence-electron chi connectivity index (χ4n) is 2.72. The van der Waals surface area contributed by atoms with Crippen LogP contribution in [0.15, 0.2) is 28.7 Å². The normalized spacial score (nSPS) is 22.2. The van der Waals surface area contributed by atoms with E-state index in [4.69, 9.17) is 4.74 Å². The number of ether oxygens (including phenoxy) is 1. The highest BCUT2D eigenvalue weighted by molar-refractivity contribution is 9.10. The number of carbonyl (C=O) groups excluding carboxylic acids is 1. The van der Waals surface area contributed by atoms with Crippen LogP contribution in [-0.4, -0.2) is 19.1 Å². The Morgan fingerprint density at radius 3 is 2.81 bits per heavy atom. The van der Waals surface area contributed by atoms with Gasteiger partial charge in [0.1, 0.15) is 5.75 Å². The van der Waals surface area contributed by atoms with Crippen LogP contribution in [0, 0.1) is 5.92 Å². The predicted octanol–water partition coefficient (Wildman–Crippen LogP) is 4.17. The molecule has 21 heavy (non-hydrogen) atoms. The average Bonchev–Trinajstić information content (AvgIpc) is 2.48. The molecular formula is C17H22BrNO2. The van der Waals surface area contributed by atoms with Crippen molar-refractivity contribution in [1.82, 2.24) is 5.32 Å². The molecule has 1 aliphatic rings. The standard InChI is InChI=1S/C17H22BrNO2/c1-12-5-3-4-6-15(12)19-17(20)10-8-13-7-9-16(21-2)14(18)11-13/h7-12,15H,3-6H2,1-2H3,(H,19,20)/b10-8+/t12-,15-/m0/s1. The van der Waals surface area contributed by atoms with Crippen LogP contribution in [0.3, 0.4) is 0 Å². The summed E-state index contributed by atoms with van der Waals surface area (Å²) in [5.74, 6) is 1.35. The van der Waals surface area contributed by atoms with E-state index in [-0.39, 0.29) is 5.91 Å². The summed E-state index contributed by atoms with van der Waals surface area (Å²) >= 11 is 3.44. The van der Waals surface area contributed by atoms with Crippen LogP contribution < -0.4 is 10.1 Å². The largest absolute Gasteiger partial charge is 0.496 e. The van der Waals surface area contributed by atoms with E-state index in [1.807, 2.05) is 24.3 Å². The van der Waals surface area contributed by atoms with E-state index < -0.39 is 0 Å². The molecule has 2 rings (SSSR count). The molecular weight excluding hydrogens is 330 g/mol. The monoisotopic (exact) mass is 351 g/mol. The number of rotatable bonds is 4. The Morgan fingerprint density at radius 2 is 2.14 bits per heavy atom. The molecule has 114 valence electrons. The number of methoxy groups -OCH3 is 1. The lowest BCUT2D eigenvalue weighted by atomic mass is 9.86. The van der Waals surface area contributed by atoms with Gasteiger partial charge in [0, 0.05) is 12.1 Å². The van der Waals surface area contributed by atoms with Crippen molar-refractivity contribution in [2.45, 2.75) is 38.6 Å². The minimum Gasteiger partial charge on any atom is -0.496 e. The molecule has 1 aromatic rings. The van der Waals surface area contributed by atoms with Crippen LogP contribution in [0.4, 0.5) is 0 Å². The lowest BCUT2D eigenvalue weighted by Crippen LogP contribution is -2.40. The molecule has 0 aromatic heterocycles. The van der Waals surface area contributed by atoms with Crippen molar-refractivity contribution in [3.05, 3.63) is 34.3 Å². The van der Waals surface area contributed by atoms with Crippen molar-refractivity contribution in [1.29, 1.82) is 0 Å². The second kappa shape index (κ2) is 7.64. The van der Waals surface area contributed by atoms with Gasteiger partial charge < -0.3 is 10.1 Å². The van der Waals surface area contributed by atoms with Crippen LogP contribution in [0.2, 0.25) is 0 Å². The lowest BCUT2D eigenvalue weighted by molar-refractivity contribution is -0.117. The minimum atomic E-state index is -0.0132. The van der Waals surface area contributed by atoms with E-state index in [1.54, 1.807) is 13.2 Å². The summed E-state index contributed by atoms with van der Waals surface area (Å²) in [6.45, 7) is 2.22. The third-order valence-electron chi connectivity index (χ3n) is 4.04. The molecule has 1 N–H and O–H groups in total. The van der Waals surface area contributed by atoms with Gasteiger partial charge in [-0.3, -0.25) is 4.79 Å². The van der Waals surface area contributed by atoms with Gasteiger partial charge >= 0.3 is 0 Å². The summed E-state index contributed by atoms with van der Waals surface area (Å²) in [6.07, 6.45) is 8.23. The van der Waals surface area contributed by atoms with Gasteiger partial charge in [-0.1, -0.05) is 25.8 Å². The van der Waals surface area contributed by atoms with Crippen molar-refractivity contribution in [3.8, 4) is 5.75 Å². The van der Waals surface area contributed by atoms with E-state index in [9.17, 15) is 4.79 Å². The number of hydrogen-bond acceptors (Lipinski definition) is 2. The molecule has 4 heteroatoms. The fraction of sp³-hybridized carbons (Fsp3) is 0.471. The van der Waals surface area contributed by atoms with E-state index in [2.05, 4.69) is 28.2 Å². The van der Waals surface area contributed by atoms with Crippen molar-refractivity contribution in [2.24, 2.45) is 5.92 Å². The third kappa shape index (κ3) is 4.60. The maximum absolute atomic E-state index is 12.0. The van der Waals surface area contributed by atoms with E-state index in [0.29, 0.717) is 12.0 Å². The Hall–Kier alpha value is -1.29. The van der Waals surface area contributed by atoms with Crippen LogP contribution in [0.5, 0.6) is 5.75 Å². The number of hydrogen-bond donors (Lipinski definition) is 1. The average molecular weight is 352 g/mol. The lowest BCUT2D eigenvalue weighted by Gasteiger charge is -2.29. The van der Waals surface area contributed by atoms with Crippen molar-refractivity contribution in [2.75, 3.05) is 7.11 Å². The Balaban J connectivity index is 1.94. The molecule has 0 spiro atoms. The number of amides is 1. The molecule has 0 heterocycles. The van der Waals surface area contributed by atoms with Crippen LogP contribution in [-0.2, 0) is 4.79 Å². The van der Waals surface area contributed by atoms with Crippen LogP contribution >= 0.6 is 15.9 Å². The number of benzene rings is 1. The van der Waals surface area contributed by atoms with Gasteiger partial charge in [0.2, 0.25) is 5.91 Å². The highest BCUT2D eigenvalue weighted by Crippen LogP contribution is 2.26. The number of carbonyl (C=O) groups is 1. The predicted molar refractivity (Wildman–Crippen MR) is 89.3 cm³/mol. The summed E-state index contributed by atoms with van der Waals surface area (Å²) < 4.78 is 6.07. The minimum absolute atomic E-state index is 0.0132. The van der Waals surface area contributed by atoms with Crippen molar-refractivity contribution >= 4 is 27.9 Å². The zero-order valence-electron chi connectivity index (χ0n) is 12.6. The van der Waals surface area contributed by atoms with Gasteiger partial charge in [-0.15, -0.1) is 0 Å². The Bertz CT molecular complexity index is 528. The molecule has 1 aromatic carbocycles. The van der Waals surface area contributed by atoms with Crippen molar-refractivity contribution in [3.63, 3.8) is 0 Å². The first-order valence-electron chi connectivity index (χ1n) is 7.42. The smallest absolute Gasteiger partial charge is 0.244 e. The molecule has 0 saturated heterocycles. The highest BCUT2D eigenvalue weighted by Gasteiger charge is 2.21. The third-order valence-corrected chi connectivity index (χ3v) is 4.66. The molecule has 1 aliphatic carbocycles. The summed E-state index contributed by atoms with van der Waals surface area (Å²) in [6, 6.07) is 6.06. The van der Waals surface area contributed by atoms with Crippen molar-refractivity contribution < 1.29 is 9.53 Å². The van der Waals surface area contributed by atoms with Gasteiger partial charge in [0.15, 0.2) is 0 Å². The fourth-order valence-corrected chi connectivity index (χ4v) is 3.28. The molecule has 0 radical (unpaired) electrons. The molecule has 1 amide bonds. The summed E-state index contributed by atoms with van der Waals surface area (Å²) in [7, 11) is 1.63. The number of nitrogens with one attached hydrogen (secondary N) is 1. The molecule has 3 nitrogen and oxygen atoms in total. The van der Waals surface area contributed by atoms with E-state index in [0.717, 1.165) is 22.2 Å². The quantitative estimate of drug-likeness (QED) is 0.826. The topological polar surface area (TPSA) is 38.3 Å². The summed E-state index contributed by atoms with van der Waals surface area (Å²) in [5, 5.41) is 3.11. The Labute approximate surface area is 134 Å². The van der Waals surface area contributed by atoms with Gasteiger partial charge in [0.25, 0.3) is 0 Å². The first kappa shape index (κ1) is 16.1. The summed E-state index contributed by atoms with van der Waals surface area (Å²) in [5.41, 5.74) is 0.967. The Kier molecular flexibility index (Phi) is 5.85. The van der Waals surface area contributed by atoms with Gasteiger partial charge in [0.05, 0.1) is 11.6 Å². The van der Waals surface area contributed by atoms with E-state index in [1.165, 1.54) is 19.3 Å². The maximum atomic E-state index is 12.0. The zero-order chi connectivity index (χ0) is 15.2. The second-order valence-electron chi connectivity index (χ2n) is 5.60. The zero-order valence-corrected chi connectivity index (χ0v) is 14.2. The Morgan fingerprint density at radius 1 is 1.38 bits per heavy atom. The molecule has 0 aliphatic heterocycles. The van der Waals surface area contributed by atoms with Gasteiger partial charge in [-0.2, -0.15) is 0 Å². The second-order valence-corrected chi connectivity index (χ2v) is 6.46. The van der Waals surface area contributed by atoms with Crippen LogP contribution in [0.1, 0.15) is 38.2 Å². The van der Waals surface area contributed by atoms with Gasteiger partial charge in [-0.05, 0) is 58.5 Å². The van der Waals surface area contributed by atoms with Crippen LogP contribution in [0.25, 0.3) is 6.08 Å². The highest BCUT2D eigenvalue weighted by atomic mass is 79.9.